The molecule has 18 heavy (non-hydrogen) atoms. The average molecular weight is 245 g/mol. The number of benzene rings is 1. The predicted molar refractivity (Wildman–Crippen MR) is 79.1 cm³/mol. The summed E-state index contributed by atoms with van der Waals surface area (Å²) >= 11 is 0. The largest absolute Gasteiger partial charge is 0.316 e. The minimum atomic E-state index is 0.374. The molecule has 0 bridgehead atoms. The molecule has 1 aliphatic rings. The van der Waals surface area contributed by atoms with E-state index in [4.69, 9.17) is 0 Å². The Morgan fingerprint density at radius 3 is 2.78 bits per heavy atom. The second-order valence-electron chi connectivity index (χ2n) is 6.17. The van der Waals surface area contributed by atoms with Crippen LogP contribution in [0.3, 0.4) is 0 Å². The fraction of sp³-hybridized carbons (Fsp3) is 0.647. The summed E-state index contributed by atoms with van der Waals surface area (Å²) in [6.07, 6.45) is 5.25. The van der Waals surface area contributed by atoms with E-state index in [1.807, 2.05) is 0 Å². The van der Waals surface area contributed by atoms with Crippen LogP contribution in [0, 0.1) is 5.92 Å². The summed E-state index contributed by atoms with van der Waals surface area (Å²) in [5.41, 5.74) is 3.58. The first-order valence-electron chi connectivity index (χ1n) is 7.47. The Bertz CT molecular complexity index is 383. The number of rotatable bonds is 5. The van der Waals surface area contributed by atoms with Gasteiger partial charge in [-0.05, 0) is 49.3 Å². The quantitative estimate of drug-likeness (QED) is 0.829. The highest BCUT2D eigenvalue weighted by atomic mass is 14.9. The maximum Gasteiger partial charge on any atom is 0.00830 e. The van der Waals surface area contributed by atoms with Crippen molar-refractivity contribution in [3.05, 3.63) is 35.4 Å². The molecule has 0 radical (unpaired) electrons. The van der Waals surface area contributed by atoms with Crippen molar-refractivity contribution in [3.63, 3.8) is 0 Å². The molecule has 1 aliphatic carbocycles. The summed E-state index contributed by atoms with van der Waals surface area (Å²) in [5.74, 6) is 0.759. The van der Waals surface area contributed by atoms with E-state index in [-0.39, 0.29) is 0 Å². The average Bonchev–Trinajstić information content (AvgIpc) is 2.36. The van der Waals surface area contributed by atoms with E-state index in [0.717, 1.165) is 19.0 Å². The van der Waals surface area contributed by atoms with Gasteiger partial charge in [-0.15, -0.1) is 0 Å². The van der Waals surface area contributed by atoms with Gasteiger partial charge in [0.1, 0.15) is 0 Å². The first-order valence-corrected chi connectivity index (χ1v) is 7.47. The van der Waals surface area contributed by atoms with Crippen molar-refractivity contribution in [2.24, 2.45) is 5.92 Å². The molecule has 0 heterocycles. The first kappa shape index (κ1) is 13.6. The van der Waals surface area contributed by atoms with Crippen LogP contribution in [0.1, 0.15) is 51.2 Å². The van der Waals surface area contributed by atoms with Gasteiger partial charge in [-0.25, -0.2) is 0 Å². The zero-order valence-electron chi connectivity index (χ0n) is 12.1. The molecule has 1 atom stereocenters. The van der Waals surface area contributed by atoms with E-state index >= 15 is 0 Å². The standard InChI is InChI=1S/C17H27N/c1-4-18-13-17(12-14(2)3)11-7-9-15-8-5-6-10-16(15)17/h5-6,8,10,14,18H,4,7,9,11-13H2,1-3H3. The van der Waals surface area contributed by atoms with Gasteiger partial charge < -0.3 is 5.32 Å². The van der Waals surface area contributed by atoms with Crippen molar-refractivity contribution in [1.82, 2.24) is 5.32 Å². The number of nitrogens with one attached hydrogen (secondary N) is 1. The van der Waals surface area contributed by atoms with Crippen molar-refractivity contribution in [3.8, 4) is 0 Å². The Kier molecular flexibility index (Phi) is 4.45. The van der Waals surface area contributed by atoms with Gasteiger partial charge in [0.05, 0.1) is 0 Å². The van der Waals surface area contributed by atoms with Gasteiger partial charge in [-0.1, -0.05) is 45.0 Å². The third-order valence-corrected chi connectivity index (χ3v) is 4.20. The number of aryl methyl sites for hydroxylation is 1. The number of hydrogen-bond acceptors (Lipinski definition) is 1. The summed E-state index contributed by atoms with van der Waals surface area (Å²) in [4.78, 5) is 0. The van der Waals surface area contributed by atoms with Gasteiger partial charge in [-0.3, -0.25) is 0 Å². The molecule has 2 rings (SSSR count). The van der Waals surface area contributed by atoms with Crippen LogP contribution in [0.15, 0.2) is 24.3 Å². The highest BCUT2D eigenvalue weighted by Gasteiger charge is 2.36. The fourth-order valence-corrected chi connectivity index (χ4v) is 3.62. The van der Waals surface area contributed by atoms with Crippen molar-refractivity contribution in [2.75, 3.05) is 13.1 Å². The Morgan fingerprint density at radius 2 is 2.06 bits per heavy atom. The summed E-state index contributed by atoms with van der Waals surface area (Å²) in [5, 5.41) is 3.61. The second kappa shape index (κ2) is 5.88. The SMILES string of the molecule is CCNCC1(CC(C)C)CCCc2ccccc21. The molecule has 1 aromatic carbocycles. The van der Waals surface area contributed by atoms with Gasteiger partial charge >= 0.3 is 0 Å². The smallest absolute Gasteiger partial charge is 0.00830 e. The lowest BCUT2D eigenvalue weighted by molar-refractivity contribution is 0.282. The maximum atomic E-state index is 3.61. The zero-order valence-corrected chi connectivity index (χ0v) is 12.1. The molecule has 0 amide bonds. The second-order valence-corrected chi connectivity index (χ2v) is 6.17. The van der Waals surface area contributed by atoms with Crippen LogP contribution in [0.5, 0.6) is 0 Å². The van der Waals surface area contributed by atoms with E-state index in [0.29, 0.717) is 5.41 Å². The van der Waals surface area contributed by atoms with E-state index in [1.54, 1.807) is 11.1 Å². The lowest BCUT2D eigenvalue weighted by Crippen LogP contribution is -2.42. The molecule has 0 aliphatic heterocycles. The van der Waals surface area contributed by atoms with Crippen molar-refractivity contribution in [2.45, 2.75) is 51.9 Å². The molecule has 0 fully saturated rings. The molecule has 0 saturated heterocycles. The summed E-state index contributed by atoms with van der Waals surface area (Å²) < 4.78 is 0. The molecule has 0 aromatic heterocycles. The predicted octanol–water partition coefficient (Wildman–Crippen LogP) is 3.92. The third-order valence-electron chi connectivity index (χ3n) is 4.20. The molecule has 1 N–H and O–H groups in total. The van der Waals surface area contributed by atoms with Gasteiger partial charge in [0.15, 0.2) is 0 Å². The molecular weight excluding hydrogens is 218 g/mol. The van der Waals surface area contributed by atoms with Crippen molar-refractivity contribution < 1.29 is 0 Å². The van der Waals surface area contributed by atoms with Crippen LogP contribution in [0.25, 0.3) is 0 Å². The minimum absolute atomic E-state index is 0.374. The molecular formula is C17H27N. The fourth-order valence-electron chi connectivity index (χ4n) is 3.62. The zero-order chi connectivity index (χ0) is 13.0. The van der Waals surface area contributed by atoms with Crippen LogP contribution in [-0.4, -0.2) is 13.1 Å². The van der Waals surface area contributed by atoms with E-state index < -0.39 is 0 Å². The Hall–Kier alpha value is -0.820. The summed E-state index contributed by atoms with van der Waals surface area (Å²) in [6, 6.07) is 9.10. The molecule has 0 spiro atoms. The molecule has 100 valence electrons. The van der Waals surface area contributed by atoms with Crippen molar-refractivity contribution >= 4 is 0 Å². The van der Waals surface area contributed by atoms with Gasteiger partial charge in [-0.2, -0.15) is 0 Å². The first-order chi connectivity index (χ1) is 8.68. The normalized spacial score (nSPS) is 23.1. The summed E-state index contributed by atoms with van der Waals surface area (Å²) in [7, 11) is 0. The monoisotopic (exact) mass is 245 g/mol. The molecule has 0 saturated carbocycles. The minimum Gasteiger partial charge on any atom is -0.316 e. The van der Waals surface area contributed by atoms with Gasteiger partial charge in [0, 0.05) is 12.0 Å². The third kappa shape index (κ3) is 2.77. The Labute approximate surface area is 112 Å². The summed E-state index contributed by atoms with van der Waals surface area (Å²) in [6.45, 7) is 9.12. The van der Waals surface area contributed by atoms with E-state index in [9.17, 15) is 0 Å². The van der Waals surface area contributed by atoms with E-state index in [1.165, 1.54) is 25.7 Å². The molecule has 1 heteroatoms. The van der Waals surface area contributed by atoms with Gasteiger partial charge in [0.2, 0.25) is 0 Å². The van der Waals surface area contributed by atoms with Crippen LogP contribution in [-0.2, 0) is 11.8 Å². The highest BCUT2D eigenvalue weighted by molar-refractivity contribution is 5.37. The number of likely N-dealkylation sites (N-methyl/N-ethyl adjacent to an activating group) is 1. The maximum absolute atomic E-state index is 3.61. The topological polar surface area (TPSA) is 12.0 Å². The lowest BCUT2D eigenvalue weighted by atomic mass is 9.66. The van der Waals surface area contributed by atoms with Gasteiger partial charge in [0.25, 0.3) is 0 Å². The van der Waals surface area contributed by atoms with Crippen molar-refractivity contribution in [1.29, 1.82) is 0 Å². The number of hydrogen-bond donors (Lipinski definition) is 1. The Balaban J connectivity index is 2.34. The van der Waals surface area contributed by atoms with Crippen LogP contribution >= 0.6 is 0 Å². The highest BCUT2D eigenvalue weighted by Crippen LogP contribution is 2.41. The van der Waals surface area contributed by atoms with E-state index in [2.05, 4.69) is 50.4 Å². The van der Waals surface area contributed by atoms with Crippen LogP contribution in [0.2, 0.25) is 0 Å². The molecule has 1 nitrogen and oxygen atoms in total. The Morgan fingerprint density at radius 1 is 1.28 bits per heavy atom. The van der Waals surface area contributed by atoms with Crippen LogP contribution < -0.4 is 5.32 Å². The molecule has 1 unspecified atom stereocenters. The number of fused-ring (bicyclic) bond motifs is 1. The van der Waals surface area contributed by atoms with Crippen LogP contribution in [0.4, 0.5) is 0 Å². The molecule has 1 aromatic rings. The lowest BCUT2D eigenvalue weighted by Gasteiger charge is -2.41.